The number of urea groups is 1. The third-order valence-corrected chi connectivity index (χ3v) is 6.95. The number of Topliss-reactive ketones (excluding diaryl/α,β-unsaturated/α-hetero) is 1. The van der Waals surface area contributed by atoms with Crippen LogP contribution < -0.4 is 15.7 Å². The van der Waals surface area contributed by atoms with Crippen LogP contribution in [0, 0.1) is 5.21 Å². The second kappa shape index (κ2) is 11.0. The van der Waals surface area contributed by atoms with Crippen molar-refractivity contribution in [3.8, 4) is 0 Å². The number of fused-ring (bicyclic) bond motifs is 1. The van der Waals surface area contributed by atoms with Crippen molar-refractivity contribution in [2.45, 2.75) is 38.1 Å². The number of anilines is 3. The van der Waals surface area contributed by atoms with Gasteiger partial charge in [-0.15, -0.1) is 0 Å². The van der Waals surface area contributed by atoms with Gasteiger partial charge in [0.1, 0.15) is 0 Å². The first-order chi connectivity index (χ1) is 18.4. The molecule has 194 valence electrons. The van der Waals surface area contributed by atoms with Crippen LogP contribution in [0.4, 0.5) is 21.9 Å². The zero-order valence-corrected chi connectivity index (χ0v) is 21.4. The number of aromatic nitrogens is 3. The Morgan fingerprint density at radius 2 is 1.84 bits per heavy atom. The summed E-state index contributed by atoms with van der Waals surface area (Å²) >= 11 is 6.06. The molecule has 0 bridgehead atoms. The first kappa shape index (κ1) is 25.4. The van der Waals surface area contributed by atoms with E-state index in [9.17, 15) is 14.8 Å². The van der Waals surface area contributed by atoms with Crippen LogP contribution in [0.5, 0.6) is 0 Å². The van der Waals surface area contributed by atoms with E-state index < -0.39 is 6.03 Å². The Labute approximate surface area is 224 Å². The number of imidazole rings is 1. The maximum Gasteiger partial charge on any atom is 0.323 e. The van der Waals surface area contributed by atoms with Crippen LogP contribution in [0.25, 0.3) is 0 Å². The van der Waals surface area contributed by atoms with E-state index in [2.05, 4.69) is 25.6 Å². The standard InChI is InChI=1S/C28H26ClN6O3/c1-17(36)18-2-6-21(7-3-18)33-28(37)34-22-8-4-19-12-24(25-10-5-20(29)14-31-25)26(35(38)27(19)13-22)11-9-23-15-30-16-32-23/h2-8,10,13-16,24,26H,9,11-12H2,1H3,(H,30,32)(H2,33,34,37)/q-1. The molecule has 0 saturated heterocycles. The SMILES string of the molecule is CC(=O)c1ccc(NC(=O)Nc2ccc3c(c2)N([O-])C(CCc2cnc[nH]2)C(c2ccc(Cl)cn2)C3)cc1. The number of benzene rings is 2. The van der Waals surface area contributed by atoms with Crippen molar-refractivity contribution in [2.24, 2.45) is 0 Å². The molecule has 5 rings (SSSR count). The van der Waals surface area contributed by atoms with Crippen molar-refractivity contribution < 1.29 is 9.59 Å². The number of rotatable bonds is 7. The van der Waals surface area contributed by atoms with Crippen molar-refractivity contribution >= 4 is 40.5 Å². The van der Waals surface area contributed by atoms with E-state index in [-0.39, 0.29) is 17.7 Å². The second-order valence-electron chi connectivity index (χ2n) is 9.28. The van der Waals surface area contributed by atoms with E-state index in [0.29, 0.717) is 46.9 Å². The number of aromatic amines is 1. The monoisotopic (exact) mass is 529 g/mol. The van der Waals surface area contributed by atoms with Gasteiger partial charge in [-0.2, -0.15) is 0 Å². The number of hydroxylamine groups is 1. The molecular formula is C28H26ClN6O3-. The molecule has 0 aliphatic carbocycles. The minimum Gasteiger partial charge on any atom is -0.758 e. The largest absolute Gasteiger partial charge is 0.758 e. The number of halogens is 1. The van der Waals surface area contributed by atoms with Crippen LogP contribution in [0.1, 0.15) is 46.6 Å². The number of nitrogens with zero attached hydrogens (tertiary/aromatic N) is 3. The van der Waals surface area contributed by atoms with Crippen molar-refractivity contribution in [3.05, 3.63) is 106 Å². The smallest absolute Gasteiger partial charge is 0.323 e. The minimum absolute atomic E-state index is 0.0471. The van der Waals surface area contributed by atoms with E-state index in [1.54, 1.807) is 61.2 Å². The molecule has 10 heteroatoms. The Morgan fingerprint density at radius 1 is 1.08 bits per heavy atom. The number of ketones is 1. The molecule has 3 heterocycles. The Balaban J connectivity index is 1.35. The molecule has 3 N–H and O–H groups in total. The number of hydrogen-bond donors (Lipinski definition) is 3. The first-order valence-corrected chi connectivity index (χ1v) is 12.6. The quantitative estimate of drug-likeness (QED) is 0.254. The van der Waals surface area contributed by atoms with Crippen LogP contribution >= 0.6 is 11.6 Å². The van der Waals surface area contributed by atoms with E-state index in [4.69, 9.17) is 11.6 Å². The topological polar surface area (TPSA) is 126 Å². The average Bonchev–Trinajstić information content (AvgIpc) is 3.43. The fraction of sp³-hybridized carbons (Fsp3) is 0.214. The Morgan fingerprint density at radius 3 is 2.53 bits per heavy atom. The maximum atomic E-state index is 13.7. The van der Waals surface area contributed by atoms with Gasteiger partial charge < -0.3 is 25.9 Å². The molecular weight excluding hydrogens is 504 g/mol. The van der Waals surface area contributed by atoms with E-state index in [1.165, 1.54) is 6.92 Å². The Hall–Kier alpha value is -4.21. The van der Waals surface area contributed by atoms with Gasteiger partial charge >= 0.3 is 6.03 Å². The van der Waals surface area contributed by atoms with E-state index >= 15 is 0 Å². The normalized spacial score (nSPS) is 16.6. The second-order valence-corrected chi connectivity index (χ2v) is 9.71. The molecule has 2 aromatic carbocycles. The van der Waals surface area contributed by atoms with Crippen LogP contribution in [0.2, 0.25) is 5.02 Å². The minimum atomic E-state index is -0.451. The molecule has 0 saturated carbocycles. The number of carbonyl (C=O) groups excluding carboxylic acids is 2. The summed E-state index contributed by atoms with van der Waals surface area (Å²) in [4.78, 5) is 35.7. The summed E-state index contributed by atoms with van der Waals surface area (Å²) < 4.78 is 0. The van der Waals surface area contributed by atoms with Crippen molar-refractivity contribution in [3.63, 3.8) is 0 Å². The molecule has 2 aromatic heterocycles. The van der Waals surface area contributed by atoms with Crippen molar-refractivity contribution in [1.82, 2.24) is 15.0 Å². The number of aryl methyl sites for hydroxylation is 1. The van der Waals surface area contributed by atoms with Crippen molar-refractivity contribution in [1.29, 1.82) is 0 Å². The molecule has 4 aromatic rings. The summed E-state index contributed by atoms with van der Waals surface area (Å²) in [5.41, 5.74) is 4.78. The average molecular weight is 530 g/mol. The van der Waals surface area contributed by atoms with Gasteiger partial charge in [0.2, 0.25) is 0 Å². The summed E-state index contributed by atoms with van der Waals surface area (Å²) in [6.45, 7) is 1.49. The Kier molecular flexibility index (Phi) is 7.39. The van der Waals surface area contributed by atoms with Gasteiger partial charge in [-0.05, 0) is 80.3 Å². The maximum absolute atomic E-state index is 13.7. The summed E-state index contributed by atoms with van der Waals surface area (Å²) in [6, 6.07) is 14.8. The highest BCUT2D eigenvalue weighted by molar-refractivity contribution is 6.30. The lowest BCUT2D eigenvalue weighted by atomic mass is 9.82. The predicted octanol–water partition coefficient (Wildman–Crippen LogP) is 5.95. The Bertz CT molecular complexity index is 1420. The molecule has 0 radical (unpaired) electrons. The van der Waals surface area contributed by atoms with Gasteiger partial charge in [0.15, 0.2) is 5.78 Å². The number of hydrogen-bond acceptors (Lipinski definition) is 6. The van der Waals surface area contributed by atoms with Gasteiger partial charge in [-0.1, -0.05) is 17.7 Å². The fourth-order valence-electron chi connectivity index (χ4n) is 4.77. The number of H-pyrrole nitrogens is 1. The number of amides is 2. The molecule has 2 unspecified atom stereocenters. The van der Waals surface area contributed by atoms with Gasteiger partial charge in [0.25, 0.3) is 0 Å². The molecule has 38 heavy (non-hydrogen) atoms. The highest BCUT2D eigenvalue weighted by Gasteiger charge is 2.32. The molecule has 0 fully saturated rings. The third-order valence-electron chi connectivity index (χ3n) is 6.73. The van der Waals surface area contributed by atoms with Gasteiger partial charge in [0, 0.05) is 58.4 Å². The van der Waals surface area contributed by atoms with Crippen LogP contribution in [-0.4, -0.2) is 32.8 Å². The van der Waals surface area contributed by atoms with Gasteiger partial charge in [0.05, 0.1) is 11.3 Å². The zero-order chi connectivity index (χ0) is 26.6. The number of nitrogens with one attached hydrogen (secondary N) is 3. The molecule has 2 atom stereocenters. The number of carbonyl (C=O) groups is 2. The lowest BCUT2D eigenvalue weighted by molar-refractivity contribution is 0.101. The molecule has 2 amide bonds. The summed E-state index contributed by atoms with van der Waals surface area (Å²) in [6.07, 6.45) is 6.87. The van der Waals surface area contributed by atoms with Crippen LogP contribution in [0.15, 0.2) is 73.3 Å². The number of pyridine rings is 1. The predicted molar refractivity (Wildman–Crippen MR) is 148 cm³/mol. The summed E-state index contributed by atoms with van der Waals surface area (Å²) in [7, 11) is 0. The van der Waals surface area contributed by atoms with Crippen molar-refractivity contribution in [2.75, 3.05) is 15.7 Å². The van der Waals surface area contributed by atoms with Gasteiger partial charge in [-0.3, -0.25) is 9.78 Å². The zero-order valence-electron chi connectivity index (χ0n) is 20.6. The lowest BCUT2D eigenvalue weighted by Crippen LogP contribution is -2.41. The highest BCUT2D eigenvalue weighted by atomic mass is 35.5. The molecule has 0 spiro atoms. The molecule has 9 nitrogen and oxygen atoms in total. The first-order valence-electron chi connectivity index (χ1n) is 12.2. The van der Waals surface area contributed by atoms with E-state index in [1.807, 2.05) is 12.1 Å². The third kappa shape index (κ3) is 5.69. The van der Waals surface area contributed by atoms with Gasteiger partial charge in [-0.25, -0.2) is 9.78 Å². The highest BCUT2D eigenvalue weighted by Crippen LogP contribution is 2.41. The van der Waals surface area contributed by atoms with Crippen LogP contribution in [-0.2, 0) is 12.8 Å². The summed E-state index contributed by atoms with van der Waals surface area (Å²) in [5.74, 6) is -0.172. The van der Waals surface area contributed by atoms with Crippen LogP contribution in [0.3, 0.4) is 0 Å². The molecule has 1 aliphatic rings. The summed E-state index contributed by atoms with van der Waals surface area (Å²) in [5, 5.41) is 20.8. The molecule has 1 aliphatic heterocycles. The lowest BCUT2D eigenvalue weighted by Gasteiger charge is -2.48. The fourth-order valence-corrected chi connectivity index (χ4v) is 4.88. The van der Waals surface area contributed by atoms with E-state index in [0.717, 1.165) is 22.0 Å².